The number of piperidine rings is 1. The van der Waals surface area contributed by atoms with Crippen molar-refractivity contribution in [3.8, 4) is 0 Å². The molecule has 140 valence electrons. The second-order valence-electron chi connectivity index (χ2n) is 7.38. The zero-order valence-electron chi connectivity index (χ0n) is 15.4. The van der Waals surface area contributed by atoms with E-state index in [2.05, 4.69) is 16.0 Å². The van der Waals surface area contributed by atoms with Gasteiger partial charge in [0, 0.05) is 50.4 Å². The van der Waals surface area contributed by atoms with E-state index < -0.39 is 0 Å². The molecule has 0 bridgehead atoms. The number of benzene rings is 1. The lowest BCUT2D eigenvalue weighted by molar-refractivity contribution is -0.115. The van der Waals surface area contributed by atoms with Crippen LogP contribution in [0.1, 0.15) is 43.5 Å². The zero-order chi connectivity index (χ0) is 18.7. The molecule has 26 heavy (non-hydrogen) atoms. The van der Waals surface area contributed by atoms with Gasteiger partial charge in [-0.25, -0.2) is 0 Å². The topological polar surface area (TPSA) is 90.5 Å². The Hall–Kier alpha value is -2.41. The quantitative estimate of drug-likeness (QED) is 0.769. The van der Waals surface area contributed by atoms with Gasteiger partial charge in [0.1, 0.15) is 0 Å². The Kier molecular flexibility index (Phi) is 5.27. The Bertz CT molecular complexity index is 681. The Morgan fingerprint density at radius 2 is 1.54 bits per heavy atom. The van der Waals surface area contributed by atoms with Gasteiger partial charge in [0.05, 0.1) is 0 Å². The Morgan fingerprint density at radius 3 is 2.00 bits per heavy atom. The average molecular weight is 358 g/mol. The third-order valence-corrected chi connectivity index (χ3v) is 5.26. The number of amides is 3. The van der Waals surface area contributed by atoms with Crippen LogP contribution in [0.3, 0.4) is 0 Å². The first kappa shape index (κ1) is 18.4. The molecule has 1 aromatic rings. The fourth-order valence-electron chi connectivity index (χ4n) is 3.89. The van der Waals surface area contributed by atoms with E-state index in [0.717, 1.165) is 39.0 Å². The first-order chi connectivity index (χ1) is 12.4. The molecule has 0 aromatic heterocycles. The van der Waals surface area contributed by atoms with Crippen LogP contribution < -0.4 is 16.0 Å². The molecule has 2 saturated heterocycles. The van der Waals surface area contributed by atoms with Gasteiger partial charge in [0.15, 0.2) is 0 Å². The van der Waals surface area contributed by atoms with Crippen molar-refractivity contribution in [2.45, 2.75) is 33.1 Å². The van der Waals surface area contributed by atoms with Crippen molar-refractivity contribution in [1.82, 2.24) is 10.2 Å². The summed E-state index contributed by atoms with van der Waals surface area (Å²) in [6.45, 7) is 6.39. The Morgan fingerprint density at radius 1 is 0.962 bits per heavy atom. The number of hydrogen-bond donors (Lipinski definition) is 3. The van der Waals surface area contributed by atoms with E-state index in [9.17, 15) is 14.4 Å². The molecular formula is C19H26N4O3. The van der Waals surface area contributed by atoms with Crippen LogP contribution in [0.15, 0.2) is 18.2 Å². The van der Waals surface area contributed by atoms with Gasteiger partial charge in [0.25, 0.3) is 5.91 Å². The lowest BCUT2D eigenvalue weighted by atomic mass is 9.78. The monoisotopic (exact) mass is 358 g/mol. The van der Waals surface area contributed by atoms with Gasteiger partial charge in [0.2, 0.25) is 11.8 Å². The van der Waals surface area contributed by atoms with E-state index in [4.69, 9.17) is 0 Å². The van der Waals surface area contributed by atoms with Crippen LogP contribution in [0.2, 0.25) is 0 Å². The zero-order valence-corrected chi connectivity index (χ0v) is 15.4. The van der Waals surface area contributed by atoms with E-state index >= 15 is 0 Å². The molecule has 3 amide bonds. The summed E-state index contributed by atoms with van der Waals surface area (Å²) in [4.78, 5) is 37.6. The van der Waals surface area contributed by atoms with E-state index in [-0.39, 0.29) is 17.7 Å². The molecule has 3 rings (SSSR count). The SMILES string of the molecule is CC(=O)Nc1cc(NC(C)=O)cc(C(=O)N2CCC3(CCNC3)CC2)c1. The van der Waals surface area contributed by atoms with Gasteiger partial charge in [-0.3, -0.25) is 14.4 Å². The van der Waals surface area contributed by atoms with Crippen molar-refractivity contribution in [2.24, 2.45) is 5.41 Å². The highest BCUT2D eigenvalue weighted by Crippen LogP contribution is 2.37. The minimum Gasteiger partial charge on any atom is -0.339 e. The van der Waals surface area contributed by atoms with Crippen LogP contribution in [0.4, 0.5) is 11.4 Å². The summed E-state index contributed by atoms with van der Waals surface area (Å²) in [5.74, 6) is -0.515. The molecule has 0 saturated carbocycles. The highest BCUT2D eigenvalue weighted by Gasteiger charge is 2.38. The number of hydrogen-bond acceptors (Lipinski definition) is 4. The highest BCUT2D eigenvalue weighted by molar-refractivity contribution is 6.00. The van der Waals surface area contributed by atoms with Crippen molar-refractivity contribution in [3.63, 3.8) is 0 Å². The number of rotatable bonds is 3. The van der Waals surface area contributed by atoms with E-state index in [0.29, 0.717) is 22.4 Å². The van der Waals surface area contributed by atoms with Gasteiger partial charge < -0.3 is 20.9 Å². The molecule has 3 N–H and O–H groups in total. The molecular weight excluding hydrogens is 332 g/mol. The van der Waals surface area contributed by atoms with Crippen LogP contribution in [0.5, 0.6) is 0 Å². The lowest BCUT2D eigenvalue weighted by Crippen LogP contribution is -2.44. The molecule has 0 unspecified atom stereocenters. The summed E-state index contributed by atoms with van der Waals surface area (Å²) in [6, 6.07) is 4.97. The van der Waals surface area contributed by atoms with Crippen LogP contribution >= 0.6 is 0 Å². The Balaban J connectivity index is 1.77. The highest BCUT2D eigenvalue weighted by atomic mass is 16.2. The fourth-order valence-corrected chi connectivity index (χ4v) is 3.89. The summed E-state index contributed by atoms with van der Waals surface area (Å²) >= 11 is 0. The summed E-state index contributed by atoms with van der Waals surface area (Å²) in [5, 5.41) is 8.80. The van der Waals surface area contributed by atoms with Crippen molar-refractivity contribution in [1.29, 1.82) is 0 Å². The fraction of sp³-hybridized carbons (Fsp3) is 0.526. The standard InChI is InChI=1S/C19H26N4O3/c1-13(24)21-16-9-15(10-17(11-16)22-14(2)25)18(26)23-7-4-19(5-8-23)3-6-20-12-19/h9-11,20H,3-8,12H2,1-2H3,(H,21,24)(H,22,25). The molecule has 1 spiro atoms. The van der Waals surface area contributed by atoms with Crippen LogP contribution in [-0.2, 0) is 9.59 Å². The molecule has 7 heteroatoms. The third kappa shape index (κ3) is 4.22. The smallest absolute Gasteiger partial charge is 0.254 e. The number of anilines is 2. The largest absolute Gasteiger partial charge is 0.339 e. The summed E-state index contributed by atoms with van der Waals surface area (Å²) in [7, 11) is 0. The number of likely N-dealkylation sites (tertiary alicyclic amines) is 1. The molecule has 0 atom stereocenters. The minimum atomic E-state index is -0.225. The third-order valence-electron chi connectivity index (χ3n) is 5.26. The van der Waals surface area contributed by atoms with E-state index in [1.807, 2.05) is 4.90 Å². The molecule has 2 fully saturated rings. The predicted molar refractivity (Wildman–Crippen MR) is 100 cm³/mol. The maximum atomic E-state index is 13.0. The van der Waals surface area contributed by atoms with E-state index in [1.165, 1.54) is 20.3 Å². The van der Waals surface area contributed by atoms with Crippen LogP contribution in [0.25, 0.3) is 0 Å². The number of carbonyl (C=O) groups is 3. The normalized spacial score (nSPS) is 18.6. The maximum absolute atomic E-state index is 13.0. The molecule has 2 aliphatic rings. The second kappa shape index (κ2) is 7.45. The second-order valence-corrected chi connectivity index (χ2v) is 7.38. The maximum Gasteiger partial charge on any atom is 0.254 e. The van der Waals surface area contributed by atoms with Crippen molar-refractivity contribution < 1.29 is 14.4 Å². The predicted octanol–water partition coefficient (Wildman–Crippen LogP) is 1.82. The molecule has 0 radical (unpaired) electrons. The average Bonchev–Trinajstić information content (AvgIpc) is 3.01. The molecule has 0 aliphatic carbocycles. The molecule has 2 aliphatic heterocycles. The Labute approximate surface area is 153 Å². The van der Waals surface area contributed by atoms with E-state index in [1.54, 1.807) is 18.2 Å². The van der Waals surface area contributed by atoms with Gasteiger partial charge in [-0.2, -0.15) is 0 Å². The van der Waals surface area contributed by atoms with Crippen molar-refractivity contribution >= 4 is 29.1 Å². The molecule has 2 heterocycles. The van der Waals surface area contributed by atoms with Crippen molar-refractivity contribution in [3.05, 3.63) is 23.8 Å². The number of carbonyl (C=O) groups excluding carboxylic acids is 3. The minimum absolute atomic E-state index is 0.0652. The molecule has 1 aromatic carbocycles. The van der Waals surface area contributed by atoms with Gasteiger partial charge in [-0.1, -0.05) is 0 Å². The summed E-state index contributed by atoms with van der Waals surface area (Å²) in [5.41, 5.74) is 1.82. The first-order valence-electron chi connectivity index (χ1n) is 9.07. The van der Waals surface area contributed by atoms with Crippen molar-refractivity contribution in [2.75, 3.05) is 36.8 Å². The van der Waals surface area contributed by atoms with Gasteiger partial charge in [-0.05, 0) is 49.4 Å². The number of nitrogens with one attached hydrogen (secondary N) is 3. The summed E-state index contributed by atoms with van der Waals surface area (Å²) < 4.78 is 0. The lowest BCUT2D eigenvalue weighted by Gasteiger charge is -2.39. The summed E-state index contributed by atoms with van der Waals surface area (Å²) in [6.07, 6.45) is 3.20. The first-order valence-corrected chi connectivity index (χ1v) is 9.07. The van der Waals surface area contributed by atoms with Gasteiger partial charge >= 0.3 is 0 Å². The molecule has 7 nitrogen and oxygen atoms in total. The van der Waals surface area contributed by atoms with Gasteiger partial charge in [-0.15, -0.1) is 0 Å². The van der Waals surface area contributed by atoms with Crippen LogP contribution in [-0.4, -0.2) is 48.8 Å². The van der Waals surface area contributed by atoms with Crippen LogP contribution in [0, 0.1) is 5.41 Å². The number of nitrogens with zero attached hydrogens (tertiary/aromatic N) is 1.